The normalized spacial score (nSPS) is 17.9. The fourth-order valence-corrected chi connectivity index (χ4v) is 4.47. The van der Waals surface area contributed by atoms with Crippen LogP contribution in [0, 0.1) is 0 Å². The zero-order valence-corrected chi connectivity index (χ0v) is 18.4. The second kappa shape index (κ2) is 8.80. The number of nitrogens with zero attached hydrogens (tertiary/aromatic N) is 4. The Balaban J connectivity index is 1.57. The molecule has 0 bridgehead atoms. The number of aromatic nitrogens is 3. The van der Waals surface area contributed by atoms with Crippen LogP contribution in [0.3, 0.4) is 0 Å². The highest BCUT2D eigenvalue weighted by molar-refractivity contribution is 7.80. The molecule has 1 aromatic carbocycles. The number of nitrogens with one attached hydrogen (secondary N) is 1. The van der Waals surface area contributed by atoms with Gasteiger partial charge in [0.2, 0.25) is 0 Å². The lowest BCUT2D eigenvalue weighted by Crippen LogP contribution is -2.30. The lowest BCUT2D eigenvalue weighted by atomic mass is 10.0. The van der Waals surface area contributed by atoms with E-state index in [1.54, 1.807) is 7.11 Å². The molecule has 1 fully saturated rings. The Hall–Kier alpha value is -3.71. The summed E-state index contributed by atoms with van der Waals surface area (Å²) in [6.07, 6.45) is 5.67. The van der Waals surface area contributed by atoms with Crippen molar-refractivity contribution in [2.75, 3.05) is 7.11 Å². The first kappa shape index (κ1) is 20.2. The molecule has 2 atom stereocenters. The number of ether oxygens (including phenoxy) is 1. The quantitative estimate of drug-likeness (QED) is 0.446. The number of methoxy groups -OCH3 is 1. The van der Waals surface area contributed by atoms with Crippen molar-refractivity contribution in [1.29, 1.82) is 0 Å². The van der Waals surface area contributed by atoms with Gasteiger partial charge in [0.1, 0.15) is 11.6 Å². The van der Waals surface area contributed by atoms with Gasteiger partial charge in [-0.25, -0.2) is 4.98 Å². The molecule has 4 aromatic rings. The third-order valence-electron chi connectivity index (χ3n) is 5.69. The fraction of sp³-hybridized carbons (Fsp3) is 0.160. The lowest BCUT2D eigenvalue weighted by molar-refractivity contribution is 0.302. The van der Waals surface area contributed by atoms with E-state index in [0.29, 0.717) is 11.7 Å². The highest BCUT2D eigenvalue weighted by Gasteiger charge is 2.41. The van der Waals surface area contributed by atoms with Crippen molar-refractivity contribution in [3.05, 3.63) is 108 Å². The van der Waals surface area contributed by atoms with Gasteiger partial charge in [-0.2, -0.15) is 0 Å². The molecule has 7 heteroatoms. The van der Waals surface area contributed by atoms with E-state index in [9.17, 15) is 0 Å². The highest BCUT2D eigenvalue weighted by Crippen LogP contribution is 2.40. The van der Waals surface area contributed by atoms with Crippen LogP contribution >= 0.6 is 12.2 Å². The monoisotopic (exact) mass is 441 g/mol. The van der Waals surface area contributed by atoms with E-state index < -0.39 is 0 Å². The molecule has 0 spiro atoms. The predicted molar refractivity (Wildman–Crippen MR) is 128 cm³/mol. The van der Waals surface area contributed by atoms with Gasteiger partial charge in [0, 0.05) is 30.8 Å². The average Bonchev–Trinajstić information content (AvgIpc) is 3.45. The van der Waals surface area contributed by atoms with E-state index in [0.717, 1.165) is 28.5 Å². The van der Waals surface area contributed by atoms with Crippen LogP contribution in [0.25, 0.3) is 5.82 Å². The number of thiocarbonyl (C=S) groups is 1. The molecular weight excluding hydrogens is 418 g/mol. The van der Waals surface area contributed by atoms with Crippen molar-refractivity contribution in [2.45, 2.75) is 18.6 Å². The maximum absolute atomic E-state index is 5.81. The molecule has 160 valence electrons. The minimum Gasteiger partial charge on any atom is -0.497 e. The maximum Gasteiger partial charge on any atom is 0.170 e. The first-order chi connectivity index (χ1) is 15.7. The number of pyridine rings is 2. The summed E-state index contributed by atoms with van der Waals surface area (Å²) >= 11 is 5.81. The van der Waals surface area contributed by atoms with E-state index in [1.165, 1.54) is 0 Å². The molecule has 0 amide bonds. The number of rotatable bonds is 6. The Labute approximate surface area is 192 Å². The minimum absolute atomic E-state index is 0.0588. The van der Waals surface area contributed by atoms with Gasteiger partial charge in [-0.05, 0) is 66.3 Å². The van der Waals surface area contributed by atoms with Crippen molar-refractivity contribution < 1.29 is 4.74 Å². The number of hydrogen-bond donors (Lipinski definition) is 1. The van der Waals surface area contributed by atoms with Crippen LogP contribution in [-0.2, 0) is 6.54 Å². The van der Waals surface area contributed by atoms with Crippen molar-refractivity contribution in [3.8, 4) is 11.6 Å². The van der Waals surface area contributed by atoms with Crippen LogP contribution in [0.5, 0.6) is 5.75 Å². The molecular formula is C25H23N5OS. The van der Waals surface area contributed by atoms with Gasteiger partial charge in [-0.15, -0.1) is 0 Å². The molecule has 0 unspecified atom stereocenters. The van der Waals surface area contributed by atoms with Gasteiger partial charge in [0.05, 0.1) is 24.9 Å². The Kier molecular flexibility index (Phi) is 5.56. The van der Waals surface area contributed by atoms with Crippen molar-refractivity contribution in [1.82, 2.24) is 24.8 Å². The van der Waals surface area contributed by atoms with Crippen LogP contribution in [0.2, 0.25) is 0 Å². The molecule has 32 heavy (non-hydrogen) atoms. The van der Waals surface area contributed by atoms with Crippen LogP contribution in [0.1, 0.15) is 29.0 Å². The molecule has 3 aromatic heterocycles. The first-order valence-electron chi connectivity index (χ1n) is 10.4. The maximum atomic E-state index is 5.81. The summed E-state index contributed by atoms with van der Waals surface area (Å²) in [4.78, 5) is 11.4. The lowest BCUT2D eigenvalue weighted by Gasteiger charge is -2.29. The topological polar surface area (TPSA) is 55.2 Å². The minimum atomic E-state index is -0.0840. The van der Waals surface area contributed by atoms with Crippen LogP contribution < -0.4 is 10.1 Å². The van der Waals surface area contributed by atoms with E-state index in [2.05, 4.69) is 43.0 Å². The van der Waals surface area contributed by atoms with Gasteiger partial charge in [0.25, 0.3) is 0 Å². The first-order valence-corrected chi connectivity index (χ1v) is 10.8. The number of benzene rings is 1. The van der Waals surface area contributed by atoms with Crippen LogP contribution in [0.15, 0.2) is 91.4 Å². The Morgan fingerprint density at radius 1 is 0.938 bits per heavy atom. The Morgan fingerprint density at radius 2 is 1.72 bits per heavy atom. The van der Waals surface area contributed by atoms with Gasteiger partial charge in [-0.3, -0.25) is 4.98 Å². The van der Waals surface area contributed by atoms with E-state index in [4.69, 9.17) is 17.0 Å². The van der Waals surface area contributed by atoms with E-state index in [-0.39, 0.29) is 12.1 Å². The Bertz CT molecular complexity index is 1190. The highest BCUT2D eigenvalue weighted by atomic mass is 32.1. The van der Waals surface area contributed by atoms with Gasteiger partial charge >= 0.3 is 0 Å². The molecule has 0 saturated carbocycles. The number of hydrogen-bond acceptors (Lipinski definition) is 4. The molecule has 5 rings (SSSR count). The molecule has 6 nitrogen and oxygen atoms in total. The predicted octanol–water partition coefficient (Wildman–Crippen LogP) is 4.45. The fourth-order valence-electron chi connectivity index (χ4n) is 4.17. The summed E-state index contributed by atoms with van der Waals surface area (Å²) in [6.45, 7) is 0.664. The largest absolute Gasteiger partial charge is 0.497 e. The molecule has 0 aliphatic carbocycles. The zero-order chi connectivity index (χ0) is 21.9. The van der Waals surface area contributed by atoms with Gasteiger partial charge < -0.3 is 19.5 Å². The molecule has 1 N–H and O–H groups in total. The van der Waals surface area contributed by atoms with Crippen molar-refractivity contribution in [3.63, 3.8) is 0 Å². The zero-order valence-electron chi connectivity index (χ0n) is 17.6. The van der Waals surface area contributed by atoms with E-state index in [1.807, 2.05) is 73.2 Å². The van der Waals surface area contributed by atoms with Gasteiger partial charge in [0.15, 0.2) is 5.11 Å². The second-order valence-electron chi connectivity index (χ2n) is 7.59. The van der Waals surface area contributed by atoms with E-state index >= 15 is 0 Å². The van der Waals surface area contributed by atoms with Crippen molar-refractivity contribution in [2.24, 2.45) is 0 Å². The second-order valence-corrected chi connectivity index (χ2v) is 7.98. The summed E-state index contributed by atoms with van der Waals surface area (Å²) in [6, 6.07) is 24.0. The standard InChI is InChI=1S/C25H23N5OS/c1-31-19-12-10-18(11-13-19)17-30-24(23(28-25(30)32)20-7-2-4-14-26-20)21-8-6-16-29(21)22-9-3-5-15-27-22/h2-16,23-24H,17H2,1H3,(H,28,32)/t23-,24+/m1/s1. The molecule has 1 saturated heterocycles. The third-order valence-corrected chi connectivity index (χ3v) is 6.04. The van der Waals surface area contributed by atoms with Gasteiger partial charge in [-0.1, -0.05) is 24.3 Å². The smallest absolute Gasteiger partial charge is 0.170 e. The SMILES string of the molecule is COc1ccc(CN2C(=S)N[C@H](c3ccccn3)[C@@H]2c2cccn2-c2ccccn2)cc1. The average molecular weight is 442 g/mol. The summed E-state index contributed by atoms with van der Waals surface area (Å²) in [5.41, 5.74) is 3.20. The molecule has 1 aliphatic rings. The summed E-state index contributed by atoms with van der Waals surface area (Å²) < 4.78 is 7.43. The molecule has 4 heterocycles. The Morgan fingerprint density at radius 3 is 2.41 bits per heavy atom. The van der Waals surface area contributed by atoms with Crippen LogP contribution in [-0.4, -0.2) is 31.7 Å². The summed E-state index contributed by atoms with van der Waals surface area (Å²) in [5, 5.41) is 4.22. The molecule has 1 aliphatic heterocycles. The summed E-state index contributed by atoms with van der Waals surface area (Å²) in [7, 11) is 1.67. The molecule has 0 radical (unpaired) electrons. The third kappa shape index (κ3) is 3.83. The van der Waals surface area contributed by atoms with Crippen molar-refractivity contribution >= 4 is 17.3 Å². The summed E-state index contributed by atoms with van der Waals surface area (Å²) in [5.74, 6) is 1.71. The van der Waals surface area contributed by atoms with Crippen LogP contribution in [0.4, 0.5) is 0 Å².